The van der Waals surface area contributed by atoms with Crippen LogP contribution in [0.1, 0.15) is 5.82 Å². The number of nitrogens with one attached hydrogen (secondary N) is 1. The molecule has 0 bridgehead atoms. The number of amides is 1. The van der Waals surface area contributed by atoms with Crippen molar-refractivity contribution in [2.45, 2.75) is 18.0 Å². The molecule has 0 atom stereocenters. The molecule has 0 spiro atoms. The molecule has 1 fully saturated rings. The Morgan fingerprint density at radius 3 is 2.65 bits per heavy atom. The van der Waals surface area contributed by atoms with Crippen LogP contribution in [0.3, 0.4) is 0 Å². The minimum atomic E-state index is -3.74. The lowest BCUT2D eigenvalue weighted by Gasteiger charge is -2.26. The number of hydrogen-bond donors (Lipinski definition) is 1. The fraction of sp³-hybridized carbons (Fsp3) is 0.333. The van der Waals surface area contributed by atoms with Gasteiger partial charge in [-0.15, -0.1) is 10.2 Å². The summed E-state index contributed by atoms with van der Waals surface area (Å²) < 4.78 is 43.3. The molecule has 3 aromatic rings. The quantitative estimate of drug-likeness (QED) is 0.466. The standard InChI is InChI=1S/C21H24N6O6S/c1-31-19-8-7-17(34(29,30)26-9-11-32-12-10-26)13-18(19)22-21(28)14-27-24-20(23-25-27)15-33-16-5-3-2-4-6-16/h2-8,13H,9-12,14-15H2,1H3,(H,22,28). The van der Waals surface area contributed by atoms with E-state index in [9.17, 15) is 13.2 Å². The van der Waals surface area contributed by atoms with E-state index in [2.05, 4.69) is 20.7 Å². The Hall–Kier alpha value is -3.55. The molecule has 0 aliphatic carbocycles. The molecule has 12 nitrogen and oxygen atoms in total. The van der Waals surface area contributed by atoms with Crippen molar-refractivity contribution >= 4 is 21.6 Å². The predicted molar refractivity (Wildman–Crippen MR) is 120 cm³/mol. The summed E-state index contributed by atoms with van der Waals surface area (Å²) >= 11 is 0. The second-order valence-electron chi connectivity index (χ2n) is 7.26. The molecule has 0 saturated carbocycles. The van der Waals surface area contributed by atoms with E-state index in [1.54, 1.807) is 12.1 Å². The Bertz CT molecular complexity index is 1230. The van der Waals surface area contributed by atoms with Crippen LogP contribution >= 0.6 is 0 Å². The minimum Gasteiger partial charge on any atom is -0.495 e. The molecule has 1 aliphatic rings. The lowest BCUT2D eigenvalue weighted by atomic mass is 10.3. The SMILES string of the molecule is COc1ccc(S(=O)(=O)N2CCOCC2)cc1NC(=O)Cn1nnc(COc2ccccc2)n1. The predicted octanol–water partition coefficient (Wildman–Crippen LogP) is 0.920. The zero-order valence-electron chi connectivity index (χ0n) is 18.5. The van der Waals surface area contributed by atoms with Crippen molar-refractivity contribution in [2.24, 2.45) is 0 Å². The number of sulfonamides is 1. The zero-order chi connectivity index (χ0) is 24.0. The maximum atomic E-state index is 13.0. The van der Waals surface area contributed by atoms with Crippen molar-refractivity contribution in [1.82, 2.24) is 24.5 Å². The van der Waals surface area contributed by atoms with Crippen LogP contribution in [0.15, 0.2) is 53.4 Å². The molecule has 0 unspecified atom stereocenters. The average Bonchev–Trinajstić information content (AvgIpc) is 3.31. The molecule has 2 aromatic carbocycles. The highest BCUT2D eigenvalue weighted by molar-refractivity contribution is 7.89. The van der Waals surface area contributed by atoms with Gasteiger partial charge in [0, 0.05) is 13.1 Å². The van der Waals surface area contributed by atoms with E-state index in [0.717, 1.165) is 4.80 Å². The van der Waals surface area contributed by atoms with E-state index >= 15 is 0 Å². The number of anilines is 1. The first-order valence-electron chi connectivity index (χ1n) is 10.5. The number of benzene rings is 2. The van der Waals surface area contributed by atoms with Gasteiger partial charge in [-0.2, -0.15) is 9.10 Å². The first-order chi connectivity index (χ1) is 16.5. The van der Waals surface area contributed by atoms with Gasteiger partial charge in [-0.25, -0.2) is 8.42 Å². The van der Waals surface area contributed by atoms with Gasteiger partial charge in [-0.05, 0) is 35.5 Å². The summed E-state index contributed by atoms with van der Waals surface area (Å²) in [7, 11) is -2.31. The van der Waals surface area contributed by atoms with Crippen LogP contribution in [0, 0.1) is 0 Å². The summed E-state index contributed by atoms with van der Waals surface area (Å²) in [5.74, 6) is 0.813. The molecule has 34 heavy (non-hydrogen) atoms. The molecule has 1 aliphatic heterocycles. The summed E-state index contributed by atoms with van der Waals surface area (Å²) in [5.41, 5.74) is 0.217. The molecule has 0 radical (unpaired) electrons. The van der Waals surface area contributed by atoms with E-state index in [1.165, 1.54) is 29.6 Å². The number of rotatable bonds is 9. The minimum absolute atomic E-state index is 0.0460. The van der Waals surface area contributed by atoms with Gasteiger partial charge in [0.2, 0.25) is 21.8 Å². The van der Waals surface area contributed by atoms with Crippen molar-refractivity contribution in [1.29, 1.82) is 0 Å². The van der Waals surface area contributed by atoms with Crippen molar-refractivity contribution in [3.63, 3.8) is 0 Å². The van der Waals surface area contributed by atoms with E-state index in [0.29, 0.717) is 30.5 Å². The molecule has 180 valence electrons. The van der Waals surface area contributed by atoms with Crippen molar-refractivity contribution in [3.8, 4) is 11.5 Å². The van der Waals surface area contributed by atoms with Crippen molar-refractivity contribution < 1.29 is 27.4 Å². The summed E-state index contributed by atoms with van der Waals surface area (Å²) in [6, 6.07) is 13.5. The summed E-state index contributed by atoms with van der Waals surface area (Å²) in [5, 5.41) is 14.5. The van der Waals surface area contributed by atoms with E-state index in [-0.39, 0.29) is 36.8 Å². The largest absolute Gasteiger partial charge is 0.495 e. The second-order valence-corrected chi connectivity index (χ2v) is 9.20. The number of aromatic nitrogens is 4. The zero-order valence-corrected chi connectivity index (χ0v) is 19.3. The van der Waals surface area contributed by atoms with Gasteiger partial charge in [0.25, 0.3) is 0 Å². The number of tetrazole rings is 1. The average molecular weight is 489 g/mol. The fourth-order valence-corrected chi connectivity index (χ4v) is 4.70. The summed E-state index contributed by atoms with van der Waals surface area (Å²) in [4.78, 5) is 13.8. The Labute approximate surface area is 196 Å². The number of hydrogen-bond acceptors (Lipinski definition) is 9. The van der Waals surface area contributed by atoms with Crippen LogP contribution in [0.4, 0.5) is 5.69 Å². The number of ether oxygens (including phenoxy) is 3. The van der Waals surface area contributed by atoms with Crippen molar-refractivity contribution in [3.05, 3.63) is 54.4 Å². The smallest absolute Gasteiger partial charge is 0.248 e. The van der Waals surface area contributed by atoms with Gasteiger partial charge in [-0.3, -0.25) is 4.79 Å². The highest BCUT2D eigenvalue weighted by Crippen LogP contribution is 2.29. The lowest BCUT2D eigenvalue weighted by molar-refractivity contribution is -0.117. The maximum absolute atomic E-state index is 13.0. The monoisotopic (exact) mass is 488 g/mol. The normalized spacial score (nSPS) is 14.5. The van der Waals surface area contributed by atoms with E-state index in [1.807, 2.05) is 18.2 Å². The molecule has 4 rings (SSSR count). The molecule has 13 heteroatoms. The number of carbonyl (C=O) groups is 1. The summed E-state index contributed by atoms with van der Waals surface area (Å²) in [6.07, 6.45) is 0. The highest BCUT2D eigenvalue weighted by atomic mass is 32.2. The third-order valence-corrected chi connectivity index (χ3v) is 6.84. The third-order valence-electron chi connectivity index (χ3n) is 4.94. The number of para-hydroxylation sites is 1. The van der Waals surface area contributed by atoms with Crippen LogP contribution in [-0.2, 0) is 32.7 Å². The topological polar surface area (TPSA) is 138 Å². The molecular weight excluding hydrogens is 464 g/mol. The first-order valence-corrected chi connectivity index (χ1v) is 11.9. The number of carbonyl (C=O) groups excluding carboxylic acids is 1. The molecule has 1 amide bonds. The number of morpholine rings is 1. The van der Waals surface area contributed by atoms with Gasteiger partial charge in [-0.1, -0.05) is 18.2 Å². The van der Waals surface area contributed by atoms with Gasteiger partial charge in [0.1, 0.15) is 18.0 Å². The van der Waals surface area contributed by atoms with Crippen molar-refractivity contribution in [2.75, 3.05) is 38.7 Å². The fourth-order valence-electron chi connectivity index (χ4n) is 3.27. The van der Waals surface area contributed by atoms with E-state index < -0.39 is 15.9 Å². The van der Waals surface area contributed by atoms with Crippen LogP contribution in [-0.4, -0.2) is 72.3 Å². The van der Waals surface area contributed by atoms with Crippen LogP contribution in [0.5, 0.6) is 11.5 Å². The highest BCUT2D eigenvalue weighted by Gasteiger charge is 2.27. The lowest BCUT2D eigenvalue weighted by Crippen LogP contribution is -2.40. The summed E-state index contributed by atoms with van der Waals surface area (Å²) in [6.45, 7) is 1.07. The maximum Gasteiger partial charge on any atom is 0.248 e. The van der Waals surface area contributed by atoms with Gasteiger partial charge >= 0.3 is 0 Å². The third kappa shape index (κ3) is 5.68. The molecule has 1 aromatic heterocycles. The van der Waals surface area contributed by atoms with Crippen LogP contribution in [0.25, 0.3) is 0 Å². The van der Waals surface area contributed by atoms with Gasteiger partial charge < -0.3 is 19.5 Å². The number of methoxy groups -OCH3 is 1. The molecule has 1 saturated heterocycles. The van der Waals surface area contributed by atoms with E-state index in [4.69, 9.17) is 14.2 Å². The number of nitrogens with zero attached hydrogens (tertiary/aromatic N) is 5. The van der Waals surface area contributed by atoms with Crippen LogP contribution in [0.2, 0.25) is 0 Å². The van der Waals surface area contributed by atoms with Crippen LogP contribution < -0.4 is 14.8 Å². The molecule has 1 N–H and O–H groups in total. The Balaban J connectivity index is 1.41. The Morgan fingerprint density at radius 1 is 1.15 bits per heavy atom. The first kappa shape index (κ1) is 23.6. The van der Waals surface area contributed by atoms with Gasteiger partial charge in [0.05, 0.1) is 30.9 Å². The second kappa shape index (κ2) is 10.6. The molecular formula is C21H24N6O6S. The Morgan fingerprint density at radius 2 is 1.91 bits per heavy atom. The van der Waals surface area contributed by atoms with Gasteiger partial charge in [0.15, 0.2) is 6.61 Å². The molecule has 2 heterocycles. The Kier molecular flexibility index (Phi) is 7.35.